The van der Waals surface area contributed by atoms with E-state index in [2.05, 4.69) is 16.0 Å². The normalized spacial score (nSPS) is 15.1. The number of nitrogens with two attached hydrogens (primary N) is 1. The molecule has 0 radical (unpaired) electrons. The number of carboxylic acid groups (broad SMARTS) is 2. The number of carbonyl (C=O) groups is 5. The van der Waals surface area contributed by atoms with Crippen LogP contribution in [0.5, 0.6) is 5.75 Å². The maximum atomic E-state index is 12.7. The Kier molecular flexibility index (Phi) is 11.6. The van der Waals surface area contributed by atoms with Gasteiger partial charge in [0.1, 0.15) is 23.9 Å². The molecule has 35 heavy (non-hydrogen) atoms. The molecule has 0 saturated heterocycles. The quantitative estimate of drug-likeness (QED) is 0.125. The smallest absolute Gasteiger partial charge is 0.326 e. The third kappa shape index (κ3) is 9.95. The minimum Gasteiger partial charge on any atom is -0.508 e. The Labute approximate surface area is 200 Å². The number of aliphatic carboxylic acids is 2. The van der Waals surface area contributed by atoms with E-state index in [1.807, 2.05) is 0 Å². The highest BCUT2D eigenvalue weighted by Gasteiger charge is 2.32. The number of aliphatic hydroxyl groups is 2. The van der Waals surface area contributed by atoms with E-state index in [0.29, 0.717) is 5.56 Å². The second-order valence-corrected chi connectivity index (χ2v) is 7.78. The van der Waals surface area contributed by atoms with Gasteiger partial charge in [-0.25, -0.2) is 4.79 Å². The predicted molar refractivity (Wildman–Crippen MR) is 119 cm³/mol. The summed E-state index contributed by atoms with van der Waals surface area (Å²) >= 11 is 0. The zero-order valence-electron chi connectivity index (χ0n) is 18.9. The van der Waals surface area contributed by atoms with Crippen molar-refractivity contribution in [2.45, 2.75) is 56.5 Å². The third-order valence-electron chi connectivity index (χ3n) is 4.87. The van der Waals surface area contributed by atoms with Crippen molar-refractivity contribution in [1.29, 1.82) is 0 Å². The Balaban J connectivity index is 2.84. The summed E-state index contributed by atoms with van der Waals surface area (Å²) < 4.78 is 0. The summed E-state index contributed by atoms with van der Waals surface area (Å²) in [5, 5.41) is 53.4. The molecule has 0 bridgehead atoms. The van der Waals surface area contributed by atoms with Crippen molar-refractivity contribution >= 4 is 29.7 Å². The topological polar surface area (TPSA) is 249 Å². The predicted octanol–water partition coefficient (Wildman–Crippen LogP) is -2.96. The minimum absolute atomic E-state index is 0.0325. The molecule has 5 atom stereocenters. The van der Waals surface area contributed by atoms with Gasteiger partial charge in [0.15, 0.2) is 0 Å². The van der Waals surface area contributed by atoms with Gasteiger partial charge in [0, 0.05) is 12.8 Å². The largest absolute Gasteiger partial charge is 0.508 e. The summed E-state index contributed by atoms with van der Waals surface area (Å²) in [6.07, 6.45) is -2.28. The van der Waals surface area contributed by atoms with Gasteiger partial charge in [-0.15, -0.1) is 0 Å². The van der Waals surface area contributed by atoms with Crippen molar-refractivity contribution < 1.29 is 49.5 Å². The summed E-state index contributed by atoms with van der Waals surface area (Å²) in [6, 6.07) is -0.346. The highest BCUT2D eigenvalue weighted by molar-refractivity contribution is 5.94. The van der Waals surface area contributed by atoms with Crippen LogP contribution in [-0.2, 0) is 30.4 Å². The number of phenolic OH excluding ortho intramolecular Hbond substituents is 1. The lowest BCUT2D eigenvalue weighted by Crippen LogP contribution is -2.60. The maximum absolute atomic E-state index is 12.7. The van der Waals surface area contributed by atoms with Crippen LogP contribution in [0.25, 0.3) is 0 Å². The summed E-state index contributed by atoms with van der Waals surface area (Å²) in [5.74, 6) is -5.63. The molecule has 1 aromatic rings. The fourth-order valence-corrected chi connectivity index (χ4v) is 2.87. The van der Waals surface area contributed by atoms with Gasteiger partial charge in [-0.3, -0.25) is 19.2 Å². The van der Waals surface area contributed by atoms with E-state index < -0.39 is 73.0 Å². The van der Waals surface area contributed by atoms with E-state index in [9.17, 15) is 44.4 Å². The highest BCUT2D eigenvalue weighted by Crippen LogP contribution is 2.12. The van der Waals surface area contributed by atoms with Crippen LogP contribution < -0.4 is 21.7 Å². The lowest BCUT2D eigenvalue weighted by atomic mass is 10.0. The van der Waals surface area contributed by atoms with Gasteiger partial charge < -0.3 is 47.2 Å². The Morgan fingerprint density at radius 2 is 1.49 bits per heavy atom. The van der Waals surface area contributed by atoms with Gasteiger partial charge in [-0.05, 0) is 31.0 Å². The molecule has 0 aromatic heterocycles. The molecule has 0 aliphatic heterocycles. The fraction of sp³-hybridized carbons (Fsp3) is 0.476. The van der Waals surface area contributed by atoms with E-state index >= 15 is 0 Å². The van der Waals surface area contributed by atoms with Crippen LogP contribution in [0.15, 0.2) is 24.3 Å². The molecule has 0 spiro atoms. The van der Waals surface area contributed by atoms with E-state index in [-0.39, 0.29) is 18.6 Å². The van der Waals surface area contributed by atoms with Gasteiger partial charge in [-0.1, -0.05) is 12.1 Å². The van der Waals surface area contributed by atoms with Crippen LogP contribution in [0, 0.1) is 0 Å². The van der Waals surface area contributed by atoms with Gasteiger partial charge in [-0.2, -0.15) is 0 Å². The number of benzene rings is 1. The average Bonchev–Trinajstić information content (AvgIpc) is 2.79. The lowest BCUT2D eigenvalue weighted by molar-refractivity contribution is -0.143. The zero-order valence-corrected chi connectivity index (χ0v) is 18.9. The number of carboxylic acids is 2. The molecule has 0 aliphatic carbocycles. The number of nitrogens with one attached hydrogen (secondary N) is 3. The van der Waals surface area contributed by atoms with Crippen LogP contribution in [0.4, 0.5) is 0 Å². The molecular formula is C21H30N4O10. The molecule has 0 saturated carbocycles. The van der Waals surface area contributed by atoms with Gasteiger partial charge in [0.2, 0.25) is 17.7 Å². The summed E-state index contributed by atoms with van der Waals surface area (Å²) in [7, 11) is 0. The van der Waals surface area contributed by atoms with Crippen LogP contribution in [0.3, 0.4) is 0 Å². The Hall–Kier alpha value is -3.75. The monoisotopic (exact) mass is 498 g/mol. The average molecular weight is 498 g/mol. The second kappa shape index (κ2) is 13.8. The SMILES string of the molecule is CC(O)C(NC(=O)C(CO)NC(=O)C(N)CCC(=O)O)C(=O)NC(Cc1ccc(O)cc1)C(=O)O. The molecule has 0 fully saturated rings. The highest BCUT2D eigenvalue weighted by atomic mass is 16.4. The molecular weight excluding hydrogens is 468 g/mol. The molecule has 0 aliphatic rings. The number of amides is 3. The second-order valence-electron chi connectivity index (χ2n) is 7.78. The van der Waals surface area contributed by atoms with Gasteiger partial charge >= 0.3 is 11.9 Å². The van der Waals surface area contributed by atoms with E-state index in [0.717, 1.165) is 6.92 Å². The summed E-state index contributed by atoms with van der Waals surface area (Å²) in [6.45, 7) is 0.255. The molecule has 0 heterocycles. The summed E-state index contributed by atoms with van der Waals surface area (Å²) in [4.78, 5) is 59.4. The van der Waals surface area contributed by atoms with Gasteiger partial charge in [0.05, 0.1) is 18.8 Å². The van der Waals surface area contributed by atoms with Crippen molar-refractivity contribution in [2.75, 3.05) is 6.61 Å². The van der Waals surface area contributed by atoms with Gasteiger partial charge in [0.25, 0.3) is 0 Å². The standard InChI is InChI=1S/C21H30N4O10/c1-10(27)17(20(33)23-14(21(34)35)8-11-2-4-12(28)5-3-11)25-19(32)15(9-26)24-18(31)13(22)6-7-16(29)30/h2-5,10,13-15,17,26-28H,6-9,22H2,1H3,(H,23,33)(H,24,31)(H,25,32)(H,29,30)(H,34,35). The van der Waals surface area contributed by atoms with Crippen LogP contribution in [0.1, 0.15) is 25.3 Å². The van der Waals surface area contributed by atoms with Crippen LogP contribution >= 0.6 is 0 Å². The molecule has 1 aromatic carbocycles. The molecule has 14 heteroatoms. The van der Waals surface area contributed by atoms with E-state index in [1.165, 1.54) is 24.3 Å². The van der Waals surface area contributed by atoms with Crippen molar-refractivity contribution in [1.82, 2.24) is 16.0 Å². The van der Waals surface area contributed by atoms with Crippen LogP contribution in [0.2, 0.25) is 0 Å². The van der Waals surface area contributed by atoms with Crippen molar-refractivity contribution in [2.24, 2.45) is 5.73 Å². The number of aliphatic hydroxyl groups excluding tert-OH is 2. The van der Waals surface area contributed by atoms with E-state index in [1.54, 1.807) is 0 Å². The third-order valence-corrected chi connectivity index (χ3v) is 4.87. The first-order valence-corrected chi connectivity index (χ1v) is 10.5. The van der Waals surface area contributed by atoms with Crippen molar-refractivity contribution in [3.63, 3.8) is 0 Å². The molecule has 5 unspecified atom stereocenters. The summed E-state index contributed by atoms with van der Waals surface area (Å²) in [5.41, 5.74) is 6.04. The minimum atomic E-state index is -1.64. The Morgan fingerprint density at radius 1 is 0.914 bits per heavy atom. The number of rotatable bonds is 14. The Bertz CT molecular complexity index is 906. The number of phenols is 1. The molecule has 14 nitrogen and oxygen atoms in total. The molecule has 3 amide bonds. The first-order chi connectivity index (χ1) is 16.3. The molecule has 10 N–H and O–H groups in total. The first-order valence-electron chi connectivity index (χ1n) is 10.5. The molecule has 194 valence electrons. The number of hydrogen-bond donors (Lipinski definition) is 9. The Morgan fingerprint density at radius 3 is 1.97 bits per heavy atom. The van der Waals surface area contributed by atoms with E-state index in [4.69, 9.17) is 10.8 Å². The maximum Gasteiger partial charge on any atom is 0.326 e. The first kappa shape index (κ1) is 29.3. The number of carbonyl (C=O) groups excluding carboxylic acids is 3. The number of hydrogen-bond acceptors (Lipinski definition) is 9. The number of aromatic hydroxyl groups is 1. The van der Waals surface area contributed by atoms with Crippen molar-refractivity contribution in [3.05, 3.63) is 29.8 Å². The lowest BCUT2D eigenvalue weighted by Gasteiger charge is -2.26. The molecule has 1 rings (SSSR count). The van der Waals surface area contributed by atoms with Crippen molar-refractivity contribution in [3.8, 4) is 5.75 Å². The zero-order chi connectivity index (χ0) is 26.7. The fourth-order valence-electron chi connectivity index (χ4n) is 2.87. The van der Waals surface area contributed by atoms with Crippen LogP contribution in [-0.4, -0.2) is 92.1 Å².